The number of pyridine rings is 2. The van der Waals surface area contributed by atoms with Crippen LogP contribution in [0, 0.1) is 17.9 Å². The maximum absolute atomic E-state index is 10.1. The average molecular weight is 1050 g/mol. The second kappa shape index (κ2) is 16.3. The minimum Gasteiger partial charge on any atom is -0.457 e. The number of hydrogen-bond donors (Lipinski definition) is 0. The van der Waals surface area contributed by atoms with Gasteiger partial charge in [-0.2, -0.15) is 5.26 Å². The van der Waals surface area contributed by atoms with E-state index in [9.17, 15) is 5.26 Å². The zero-order valence-electron chi connectivity index (χ0n) is 43.6. The second-order valence-corrected chi connectivity index (χ2v) is 21.5. The standard InChI is InChI=1S/C73H40N8O/c1-75-44-27-33-68-56(35-44)54-19-7-13-25-66(54)81(68)48-37-60-72(77-42-48)71-59(36-47(41-76-71)80-65-24-12-6-18-53(65)55-34-43(40-74)26-32-67(55)80)73(60)57-30-28-45(78-61-20-8-2-14-49(61)50-15-3-9-21-62(50)78)38-69(57)82-70-39-46(29-31-58(70)73)79-63-22-10-4-16-51(63)52-17-5-11-23-64(52)79/h2-39,41-42H. The molecule has 7 heterocycles. The molecule has 16 aromatic rings. The summed E-state index contributed by atoms with van der Waals surface area (Å²) in [6, 6.07) is 83.6. The van der Waals surface area contributed by atoms with Gasteiger partial charge in [0.25, 0.3) is 0 Å². The van der Waals surface area contributed by atoms with Gasteiger partial charge in [0.2, 0.25) is 0 Å². The van der Waals surface area contributed by atoms with Crippen molar-refractivity contribution in [2.45, 2.75) is 5.41 Å². The molecule has 18 rings (SSSR count). The lowest BCUT2D eigenvalue weighted by atomic mass is 9.66. The fraction of sp³-hybridized carbons (Fsp3) is 0.0137. The van der Waals surface area contributed by atoms with E-state index in [0.29, 0.717) is 22.7 Å². The highest BCUT2D eigenvalue weighted by Crippen LogP contribution is 2.63. The number of nitrogens with zero attached hydrogens (tertiary/aromatic N) is 8. The highest BCUT2D eigenvalue weighted by molar-refractivity contribution is 6.13. The van der Waals surface area contributed by atoms with Crippen LogP contribution in [-0.2, 0) is 5.41 Å². The van der Waals surface area contributed by atoms with Crippen molar-refractivity contribution < 1.29 is 4.74 Å². The molecule has 9 nitrogen and oxygen atoms in total. The van der Waals surface area contributed by atoms with Gasteiger partial charge in [-0.25, -0.2) is 4.85 Å². The summed E-state index contributed by atoms with van der Waals surface area (Å²) in [5, 5.41) is 18.9. The average Bonchev–Trinajstić information content (AvgIpc) is 1.59. The van der Waals surface area contributed by atoms with E-state index in [1.165, 1.54) is 21.5 Å². The molecule has 1 spiro atoms. The minimum atomic E-state index is -1.05. The van der Waals surface area contributed by atoms with E-state index in [0.717, 1.165) is 122 Å². The fourth-order valence-corrected chi connectivity index (χ4v) is 14.2. The zero-order valence-corrected chi connectivity index (χ0v) is 43.6. The molecule has 0 fully saturated rings. The van der Waals surface area contributed by atoms with Crippen LogP contribution >= 0.6 is 0 Å². The molecule has 9 heteroatoms. The molecule has 378 valence electrons. The first-order valence-electron chi connectivity index (χ1n) is 27.4. The zero-order chi connectivity index (χ0) is 53.9. The van der Waals surface area contributed by atoms with E-state index >= 15 is 0 Å². The highest BCUT2D eigenvalue weighted by Gasteiger charge is 2.53. The molecule has 1 aliphatic heterocycles. The van der Waals surface area contributed by atoms with Crippen molar-refractivity contribution in [2.75, 3.05) is 0 Å². The maximum atomic E-state index is 10.1. The van der Waals surface area contributed by atoms with Gasteiger partial charge in [0, 0.05) is 83.5 Å². The quantitative estimate of drug-likeness (QED) is 0.164. The van der Waals surface area contributed by atoms with Crippen LogP contribution in [0.5, 0.6) is 11.5 Å². The Kier molecular flexibility index (Phi) is 8.83. The maximum Gasteiger partial charge on any atom is 0.188 e. The first kappa shape index (κ1) is 44.5. The number of rotatable bonds is 4. The summed E-state index contributed by atoms with van der Waals surface area (Å²) in [5.74, 6) is 1.43. The van der Waals surface area contributed by atoms with Gasteiger partial charge in [0.05, 0.1) is 103 Å². The first-order chi connectivity index (χ1) is 40.6. The van der Waals surface area contributed by atoms with Gasteiger partial charge in [0.1, 0.15) is 11.5 Å². The lowest BCUT2D eigenvalue weighted by Gasteiger charge is -2.39. The van der Waals surface area contributed by atoms with Crippen LogP contribution in [0.4, 0.5) is 5.69 Å². The molecule has 2 aliphatic rings. The number of aromatic nitrogens is 6. The molecule has 6 aromatic heterocycles. The Balaban J connectivity index is 0.969. The molecule has 0 saturated carbocycles. The van der Waals surface area contributed by atoms with Crippen molar-refractivity contribution in [3.63, 3.8) is 0 Å². The van der Waals surface area contributed by atoms with Crippen LogP contribution in [0.3, 0.4) is 0 Å². The SMILES string of the molecule is [C-]#[N+]c1ccc2c(c1)c1ccccc1n2-c1cnc2c(c1)C1(c3ccc(-n4c5ccccc5c5ccccc54)cc3Oc3cc(-n4c5ccccc5c5ccccc54)ccc31)c1cc(-n3c4ccccc4c4cc(C#N)ccc43)cnc1-2. The summed E-state index contributed by atoms with van der Waals surface area (Å²) >= 11 is 0. The van der Waals surface area contributed by atoms with Crippen LogP contribution in [0.1, 0.15) is 27.8 Å². The van der Waals surface area contributed by atoms with Crippen molar-refractivity contribution in [1.82, 2.24) is 28.2 Å². The Morgan fingerprint density at radius 3 is 1.15 bits per heavy atom. The van der Waals surface area contributed by atoms with E-state index in [1.54, 1.807) is 0 Å². The van der Waals surface area contributed by atoms with Crippen LogP contribution in [-0.4, -0.2) is 28.2 Å². The van der Waals surface area contributed by atoms with Crippen molar-refractivity contribution in [3.05, 3.63) is 282 Å². The number of hydrogen-bond acceptors (Lipinski definition) is 4. The summed E-state index contributed by atoms with van der Waals surface area (Å²) < 4.78 is 16.8. The summed E-state index contributed by atoms with van der Waals surface area (Å²) in [6.45, 7) is 7.96. The van der Waals surface area contributed by atoms with Crippen molar-refractivity contribution in [3.8, 4) is 51.7 Å². The Bertz CT molecular complexity index is 5170. The summed E-state index contributed by atoms with van der Waals surface area (Å²) in [4.78, 5) is 14.9. The molecule has 0 N–H and O–H groups in total. The van der Waals surface area contributed by atoms with Gasteiger partial charge >= 0.3 is 0 Å². The van der Waals surface area contributed by atoms with Gasteiger partial charge in [-0.1, -0.05) is 127 Å². The Morgan fingerprint density at radius 2 is 0.732 bits per heavy atom. The smallest absolute Gasteiger partial charge is 0.188 e. The summed E-state index contributed by atoms with van der Waals surface area (Å²) in [5.41, 5.74) is 17.6. The molecule has 0 amide bonds. The molecule has 0 radical (unpaired) electrons. The lowest BCUT2D eigenvalue weighted by Crippen LogP contribution is -2.32. The molecule has 10 aromatic carbocycles. The molecule has 1 aliphatic carbocycles. The number of para-hydroxylation sites is 6. The normalized spacial score (nSPS) is 13.0. The predicted molar refractivity (Wildman–Crippen MR) is 328 cm³/mol. The Labute approximate surface area is 468 Å². The molecule has 0 bridgehead atoms. The molecule has 0 atom stereocenters. The largest absolute Gasteiger partial charge is 0.457 e. The summed E-state index contributed by atoms with van der Waals surface area (Å²) in [7, 11) is 0. The van der Waals surface area contributed by atoms with E-state index in [-0.39, 0.29) is 0 Å². The molecule has 0 saturated heterocycles. The van der Waals surface area contributed by atoms with E-state index in [2.05, 4.69) is 235 Å². The molecular weight excluding hydrogens is 1000 g/mol. The van der Waals surface area contributed by atoms with Crippen molar-refractivity contribution in [1.29, 1.82) is 5.26 Å². The van der Waals surface area contributed by atoms with Crippen molar-refractivity contribution >= 4 is 92.9 Å². The van der Waals surface area contributed by atoms with Gasteiger partial charge in [-0.3, -0.25) is 9.97 Å². The lowest BCUT2D eigenvalue weighted by molar-refractivity contribution is 0.436. The van der Waals surface area contributed by atoms with Crippen LogP contribution in [0.2, 0.25) is 0 Å². The Hall–Kier alpha value is -11.5. The topological polar surface area (TPSA) is 82.9 Å². The second-order valence-electron chi connectivity index (χ2n) is 21.5. The number of benzene rings is 10. The van der Waals surface area contributed by atoms with Gasteiger partial charge in [-0.15, -0.1) is 0 Å². The first-order valence-corrected chi connectivity index (χ1v) is 27.4. The number of ether oxygens (including phenoxy) is 1. The fourth-order valence-electron chi connectivity index (χ4n) is 14.2. The third kappa shape index (κ3) is 5.77. The minimum absolute atomic E-state index is 0.587. The van der Waals surface area contributed by atoms with Crippen LogP contribution in [0.15, 0.2) is 243 Å². The molecule has 82 heavy (non-hydrogen) atoms. The van der Waals surface area contributed by atoms with E-state index < -0.39 is 5.41 Å². The summed E-state index contributed by atoms with van der Waals surface area (Å²) in [6.07, 6.45) is 3.95. The molecule has 0 unspecified atom stereocenters. The van der Waals surface area contributed by atoms with Crippen molar-refractivity contribution in [2.24, 2.45) is 0 Å². The monoisotopic (exact) mass is 1040 g/mol. The highest BCUT2D eigenvalue weighted by atomic mass is 16.5. The predicted octanol–water partition coefficient (Wildman–Crippen LogP) is 17.8. The van der Waals surface area contributed by atoms with E-state index in [4.69, 9.17) is 21.3 Å². The number of fused-ring (bicyclic) bond motifs is 21. The van der Waals surface area contributed by atoms with Gasteiger partial charge < -0.3 is 23.0 Å². The van der Waals surface area contributed by atoms with Gasteiger partial charge in [0.15, 0.2) is 5.69 Å². The van der Waals surface area contributed by atoms with Crippen LogP contribution in [0.25, 0.3) is 126 Å². The van der Waals surface area contributed by atoms with Gasteiger partial charge in [-0.05, 0) is 96.4 Å². The molecular formula is C73H40N8O. The third-order valence-corrected chi connectivity index (χ3v) is 17.5. The Morgan fingerprint density at radius 1 is 0.366 bits per heavy atom. The van der Waals surface area contributed by atoms with Crippen LogP contribution < -0.4 is 4.74 Å². The number of nitriles is 1. The third-order valence-electron chi connectivity index (χ3n) is 17.5. The van der Waals surface area contributed by atoms with E-state index in [1.807, 2.05) is 36.7 Å².